The molecular formula is C37H25F11O2. The Morgan fingerprint density at radius 3 is 1.58 bits per heavy atom. The second-order valence-electron chi connectivity index (χ2n) is 11.2. The van der Waals surface area contributed by atoms with Gasteiger partial charge in [0.1, 0.15) is 40.4 Å². The Labute approximate surface area is 278 Å². The van der Waals surface area contributed by atoms with Crippen LogP contribution in [0.4, 0.5) is 48.3 Å². The van der Waals surface area contributed by atoms with E-state index < -0.39 is 75.6 Å². The zero-order valence-electron chi connectivity index (χ0n) is 25.9. The van der Waals surface area contributed by atoms with Crippen LogP contribution in [0.25, 0.3) is 33.4 Å². The van der Waals surface area contributed by atoms with Gasteiger partial charge in [0.15, 0.2) is 11.6 Å². The van der Waals surface area contributed by atoms with E-state index >= 15 is 22.0 Å². The molecule has 0 amide bonds. The standard InChI is InChI=1S/C37H25F11O2/c1-2-3-4-5-20-6-10-25(28(38)14-20)21-7-11-27(29(39)15-21)23-17-32(42)35(33(43)18-23)36(44,45)49-24-9-12-26(30(40)19-24)22-8-13-34(31(41)16-22)50-37(46,47)48/h6-19H,2-5H2,1H3. The summed E-state index contributed by atoms with van der Waals surface area (Å²) in [5.74, 6) is -10.1. The molecule has 50 heavy (non-hydrogen) atoms. The number of halogens is 11. The van der Waals surface area contributed by atoms with E-state index in [1.807, 2.05) is 6.92 Å². The molecule has 13 heteroatoms. The molecule has 262 valence electrons. The zero-order valence-corrected chi connectivity index (χ0v) is 25.9. The lowest BCUT2D eigenvalue weighted by Gasteiger charge is -2.20. The van der Waals surface area contributed by atoms with Crippen LogP contribution in [0.5, 0.6) is 11.5 Å². The van der Waals surface area contributed by atoms with E-state index in [0.29, 0.717) is 36.8 Å². The van der Waals surface area contributed by atoms with Crippen molar-refractivity contribution in [2.75, 3.05) is 0 Å². The first kappa shape index (κ1) is 36.2. The van der Waals surface area contributed by atoms with Crippen molar-refractivity contribution in [3.8, 4) is 44.9 Å². The van der Waals surface area contributed by atoms with Gasteiger partial charge in [0.05, 0.1) is 0 Å². The molecule has 0 atom stereocenters. The van der Waals surface area contributed by atoms with E-state index in [-0.39, 0.29) is 22.3 Å². The highest BCUT2D eigenvalue weighted by molar-refractivity contribution is 5.72. The molecule has 0 aliphatic carbocycles. The molecule has 0 fully saturated rings. The highest BCUT2D eigenvalue weighted by atomic mass is 19.4. The third-order valence-electron chi connectivity index (χ3n) is 7.68. The van der Waals surface area contributed by atoms with Crippen LogP contribution < -0.4 is 9.47 Å². The Morgan fingerprint density at radius 1 is 0.500 bits per heavy atom. The van der Waals surface area contributed by atoms with Gasteiger partial charge >= 0.3 is 12.5 Å². The summed E-state index contributed by atoms with van der Waals surface area (Å²) in [4.78, 5) is 0. The molecule has 0 saturated carbocycles. The first-order valence-electron chi connectivity index (χ1n) is 15.1. The maximum absolute atomic E-state index is 15.2. The maximum atomic E-state index is 15.2. The summed E-state index contributed by atoms with van der Waals surface area (Å²) >= 11 is 0. The lowest BCUT2D eigenvalue weighted by Crippen LogP contribution is -2.25. The Morgan fingerprint density at radius 2 is 1.02 bits per heavy atom. The summed E-state index contributed by atoms with van der Waals surface area (Å²) in [6.45, 7) is 2.04. The fraction of sp³-hybridized carbons (Fsp3) is 0.189. The Kier molecular flexibility index (Phi) is 10.4. The highest BCUT2D eigenvalue weighted by Gasteiger charge is 2.41. The molecule has 0 aliphatic rings. The average molecular weight is 711 g/mol. The average Bonchev–Trinajstić information content (AvgIpc) is 3.01. The predicted octanol–water partition coefficient (Wildman–Crippen LogP) is 12.3. The largest absolute Gasteiger partial charge is 0.573 e. The normalized spacial score (nSPS) is 11.9. The SMILES string of the molecule is CCCCCc1ccc(-c2ccc(-c3cc(F)c(C(F)(F)Oc4ccc(-c5ccc(OC(F)(F)F)c(F)c5)c(F)c4)c(F)c3)c(F)c2)c(F)c1. The minimum absolute atomic E-state index is 0.0873. The number of unbranched alkanes of at least 4 members (excludes halogenated alkanes) is 2. The Balaban J connectivity index is 1.35. The van der Waals surface area contributed by atoms with Gasteiger partial charge in [-0.2, -0.15) is 8.78 Å². The van der Waals surface area contributed by atoms with Crippen molar-refractivity contribution in [3.05, 3.63) is 131 Å². The number of hydrogen-bond donors (Lipinski definition) is 0. The van der Waals surface area contributed by atoms with Crippen molar-refractivity contribution in [1.29, 1.82) is 0 Å². The van der Waals surface area contributed by atoms with Crippen LogP contribution in [0.2, 0.25) is 0 Å². The summed E-state index contributed by atoms with van der Waals surface area (Å²) in [6.07, 6.45) is -6.39. The van der Waals surface area contributed by atoms with Gasteiger partial charge in [0, 0.05) is 22.8 Å². The molecule has 0 saturated heterocycles. The lowest BCUT2D eigenvalue weighted by atomic mass is 9.96. The molecule has 5 aromatic carbocycles. The Hall–Kier alpha value is -5.07. The third kappa shape index (κ3) is 8.20. The number of alkyl halides is 5. The van der Waals surface area contributed by atoms with Crippen molar-refractivity contribution in [2.24, 2.45) is 0 Å². The van der Waals surface area contributed by atoms with Gasteiger partial charge in [0.25, 0.3) is 0 Å². The first-order chi connectivity index (χ1) is 23.6. The fourth-order valence-electron chi connectivity index (χ4n) is 5.32. The van der Waals surface area contributed by atoms with Gasteiger partial charge < -0.3 is 9.47 Å². The summed E-state index contributed by atoms with van der Waals surface area (Å²) in [5, 5.41) is 0. The minimum atomic E-state index is -5.19. The molecule has 0 spiro atoms. The summed E-state index contributed by atoms with van der Waals surface area (Å²) in [5.41, 5.74) is -2.42. The number of aryl methyl sites for hydroxylation is 1. The van der Waals surface area contributed by atoms with Crippen LogP contribution in [0.3, 0.4) is 0 Å². The number of rotatable bonds is 11. The van der Waals surface area contributed by atoms with Crippen LogP contribution in [0, 0.1) is 34.9 Å². The quantitative estimate of drug-likeness (QED) is 0.100. The summed E-state index contributed by atoms with van der Waals surface area (Å²) in [7, 11) is 0. The van der Waals surface area contributed by atoms with Crippen molar-refractivity contribution >= 4 is 0 Å². The van der Waals surface area contributed by atoms with E-state index in [1.54, 1.807) is 6.07 Å². The van der Waals surface area contributed by atoms with Gasteiger partial charge in [0.2, 0.25) is 0 Å². The van der Waals surface area contributed by atoms with Gasteiger partial charge in [-0.15, -0.1) is 13.2 Å². The van der Waals surface area contributed by atoms with Gasteiger partial charge in [-0.25, -0.2) is 26.3 Å². The van der Waals surface area contributed by atoms with E-state index in [4.69, 9.17) is 0 Å². The fourth-order valence-corrected chi connectivity index (χ4v) is 5.32. The second kappa shape index (κ2) is 14.4. The van der Waals surface area contributed by atoms with Crippen molar-refractivity contribution in [3.63, 3.8) is 0 Å². The number of ether oxygens (including phenoxy) is 2. The van der Waals surface area contributed by atoms with Crippen LogP contribution in [0.1, 0.15) is 37.3 Å². The smallest absolute Gasteiger partial charge is 0.429 e. The molecule has 2 nitrogen and oxygen atoms in total. The van der Waals surface area contributed by atoms with Crippen molar-refractivity contribution in [2.45, 2.75) is 45.1 Å². The molecule has 0 heterocycles. The second-order valence-corrected chi connectivity index (χ2v) is 11.2. The number of hydrogen-bond acceptors (Lipinski definition) is 2. The van der Waals surface area contributed by atoms with Crippen LogP contribution in [-0.2, 0) is 12.5 Å². The molecule has 0 unspecified atom stereocenters. The van der Waals surface area contributed by atoms with Crippen molar-refractivity contribution < 1.29 is 57.8 Å². The van der Waals surface area contributed by atoms with Crippen LogP contribution >= 0.6 is 0 Å². The maximum Gasteiger partial charge on any atom is 0.573 e. The molecule has 0 radical (unpaired) electrons. The third-order valence-corrected chi connectivity index (χ3v) is 7.68. The van der Waals surface area contributed by atoms with E-state index in [1.165, 1.54) is 18.2 Å². The molecule has 0 aliphatic heterocycles. The molecule has 0 bridgehead atoms. The van der Waals surface area contributed by atoms with Gasteiger partial charge in [-0.3, -0.25) is 0 Å². The highest BCUT2D eigenvalue weighted by Crippen LogP contribution is 2.39. The zero-order chi connectivity index (χ0) is 36.4. The van der Waals surface area contributed by atoms with Crippen LogP contribution in [0.15, 0.2) is 84.9 Å². The van der Waals surface area contributed by atoms with Gasteiger partial charge in [-0.1, -0.05) is 50.1 Å². The predicted molar refractivity (Wildman–Crippen MR) is 163 cm³/mol. The Bertz CT molecular complexity index is 2000. The van der Waals surface area contributed by atoms with Crippen molar-refractivity contribution in [1.82, 2.24) is 0 Å². The molecular weight excluding hydrogens is 685 g/mol. The van der Waals surface area contributed by atoms with Gasteiger partial charge in [-0.05, 0) is 83.6 Å². The van der Waals surface area contributed by atoms with E-state index in [9.17, 15) is 26.3 Å². The summed E-state index contributed by atoms with van der Waals surface area (Å²) < 4.78 is 164. The molecule has 0 N–H and O–H groups in total. The minimum Gasteiger partial charge on any atom is -0.429 e. The van der Waals surface area contributed by atoms with Crippen LogP contribution in [-0.4, -0.2) is 6.36 Å². The first-order valence-corrected chi connectivity index (χ1v) is 15.1. The molecule has 5 aromatic rings. The van der Waals surface area contributed by atoms with E-state index in [2.05, 4.69) is 9.47 Å². The molecule has 0 aromatic heterocycles. The topological polar surface area (TPSA) is 18.5 Å². The molecule has 5 rings (SSSR count). The van der Waals surface area contributed by atoms with E-state index in [0.717, 1.165) is 55.2 Å². The monoisotopic (exact) mass is 710 g/mol. The number of benzene rings is 5. The summed E-state index contributed by atoms with van der Waals surface area (Å²) in [6, 6.07) is 12.8. The lowest BCUT2D eigenvalue weighted by molar-refractivity contribution is -0.275.